The van der Waals surface area contributed by atoms with Gasteiger partial charge in [-0.05, 0) is 50.1 Å². The largest absolute Gasteiger partial charge is 0.321 e. The molecule has 2 aromatic carbocycles. The zero-order valence-electron chi connectivity index (χ0n) is 18.7. The molecule has 1 N–H and O–H groups in total. The Morgan fingerprint density at radius 1 is 1.06 bits per heavy atom. The summed E-state index contributed by atoms with van der Waals surface area (Å²) in [4.78, 5) is 46.0. The van der Waals surface area contributed by atoms with Crippen LogP contribution in [0.1, 0.15) is 27.7 Å². The van der Waals surface area contributed by atoms with Gasteiger partial charge in [-0.25, -0.2) is 4.98 Å². The van der Waals surface area contributed by atoms with Crippen LogP contribution in [-0.4, -0.2) is 27.9 Å². The molecule has 0 fully saturated rings. The molecule has 4 aromatic rings. The van der Waals surface area contributed by atoms with Gasteiger partial charge in [0, 0.05) is 17.9 Å². The Morgan fingerprint density at radius 3 is 2.45 bits per heavy atom. The predicted octanol–water partition coefficient (Wildman–Crippen LogP) is 4.38. The molecule has 0 radical (unpaired) electrons. The van der Waals surface area contributed by atoms with Crippen LogP contribution in [0.25, 0.3) is 10.2 Å². The first-order valence-electron chi connectivity index (χ1n) is 10.6. The number of likely N-dealkylation sites (N-methyl/N-ethyl adjacent to an activating group) is 1. The molecule has 0 aliphatic rings. The lowest BCUT2D eigenvalue weighted by Crippen LogP contribution is -2.36. The molecule has 2 aromatic heterocycles. The minimum Gasteiger partial charge on any atom is -0.321 e. The van der Waals surface area contributed by atoms with E-state index in [2.05, 4.69) is 10.3 Å². The van der Waals surface area contributed by atoms with Crippen molar-refractivity contribution in [1.82, 2.24) is 9.55 Å². The number of aryl methyl sites for hydroxylation is 2. The minimum atomic E-state index is -0.332. The second-order valence-electron chi connectivity index (χ2n) is 7.66. The molecule has 0 aliphatic carbocycles. The fraction of sp³-hybridized carbons (Fsp3) is 0.200. The molecule has 7 nitrogen and oxygen atoms in total. The number of benzene rings is 2. The SMILES string of the molecule is CCN(C(=O)Cn1cnc2sc(C(=O)Nc3ccccc3C)c(C)c2c1=O)c1ccccc1. The highest BCUT2D eigenvalue weighted by Gasteiger charge is 2.21. The Balaban J connectivity index is 1.63. The summed E-state index contributed by atoms with van der Waals surface area (Å²) in [5, 5.41) is 3.28. The van der Waals surface area contributed by atoms with Crippen LogP contribution in [0, 0.1) is 13.8 Å². The van der Waals surface area contributed by atoms with Crippen molar-refractivity contribution < 1.29 is 9.59 Å². The summed E-state index contributed by atoms with van der Waals surface area (Å²) in [5.74, 6) is -0.495. The van der Waals surface area contributed by atoms with Crippen molar-refractivity contribution in [1.29, 1.82) is 0 Å². The number of amides is 2. The summed E-state index contributed by atoms with van der Waals surface area (Å²) in [5.41, 5.74) is 2.67. The number of carbonyl (C=O) groups excluding carboxylic acids is 2. The van der Waals surface area contributed by atoms with Gasteiger partial charge in [0.1, 0.15) is 11.4 Å². The third-order valence-electron chi connectivity index (χ3n) is 5.51. The van der Waals surface area contributed by atoms with Gasteiger partial charge in [-0.15, -0.1) is 11.3 Å². The molecule has 0 aliphatic heterocycles. The van der Waals surface area contributed by atoms with Crippen molar-refractivity contribution in [2.75, 3.05) is 16.8 Å². The van der Waals surface area contributed by atoms with Gasteiger partial charge in [-0.2, -0.15) is 0 Å². The zero-order chi connectivity index (χ0) is 23.5. The highest BCUT2D eigenvalue weighted by Crippen LogP contribution is 2.28. The Bertz CT molecular complexity index is 1390. The van der Waals surface area contributed by atoms with Gasteiger partial charge in [-0.1, -0.05) is 36.4 Å². The molecule has 0 bridgehead atoms. The van der Waals surface area contributed by atoms with E-state index >= 15 is 0 Å². The van der Waals surface area contributed by atoms with Crippen LogP contribution in [0.2, 0.25) is 0 Å². The molecule has 8 heteroatoms. The second-order valence-corrected chi connectivity index (χ2v) is 8.66. The van der Waals surface area contributed by atoms with E-state index in [0.29, 0.717) is 27.2 Å². The molecule has 0 saturated heterocycles. The summed E-state index contributed by atoms with van der Waals surface area (Å²) in [7, 11) is 0. The number of nitrogens with one attached hydrogen (secondary N) is 1. The fourth-order valence-electron chi connectivity index (χ4n) is 3.72. The molecule has 168 valence electrons. The number of hydrogen-bond acceptors (Lipinski definition) is 5. The van der Waals surface area contributed by atoms with Crippen LogP contribution in [0.4, 0.5) is 11.4 Å². The van der Waals surface area contributed by atoms with Crippen molar-refractivity contribution in [3.8, 4) is 0 Å². The number of aromatic nitrogens is 2. The molecular weight excluding hydrogens is 436 g/mol. The number of thiophene rings is 1. The molecule has 2 heterocycles. The van der Waals surface area contributed by atoms with Crippen molar-refractivity contribution in [2.24, 2.45) is 0 Å². The Kier molecular flexibility index (Phi) is 6.37. The third-order valence-corrected chi connectivity index (χ3v) is 6.71. The Morgan fingerprint density at radius 2 is 1.76 bits per heavy atom. The molecule has 33 heavy (non-hydrogen) atoms. The van der Waals surface area contributed by atoms with Crippen LogP contribution < -0.4 is 15.8 Å². The zero-order valence-corrected chi connectivity index (χ0v) is 19.5. The standard InChI is InChI=1S/C25H24N4O3S/c1-4-29(18-11-6-5-7-12-18)20(30)14-28-15-26-24-21(25(28)32)17(3)22(33-24)23(31)27-19-13-9-8-10-16(19)2/h5-13,15H,4,14H2,1-3H3,(H,27,31). The molecule has 0 spiro atoms. The third kappa shape index (κ3) is 4.42. The van der Waals surface area contributed by atoms with Gasteiger partial charge in [0.05, 0.1) is 16.6 Å². The first-order valence-corrected chi connectivity index (χ1v) is 11.4. The number of para-hydroxylation sites is 2. The normalized spacial score (nSPS) is 10.9. The van der Waals surface area contributed by atoms with E-state index in [1.54, 1.807) is 11.8 Å². The Labute approximate surface area is 195 Å². The van der Waals surface area contributed by atoms with Gasteiger partial charge in [0.25, 0.3) is 11.5 Å². The minimum absolute atomic E-state index is 0.134. The summed E-state index contributed by atoms with van der Waals surface area (Å²) in [6.45, 7) is 5.89. The van der Waals surface area contributed by atoms with Gasteiger partial charge in [0.2, 0.25) is 5.91 Å². The van der Waals surface area contributed by atoms with Gasteiger partial charge in [0.15, 0.2) is 0 Å². The lowest BCUT2D eigenvalue weighted by molar-refractivity contribution is -0.119. The van der Waals surface area contributed by atoms with Crippen LogP contribution in [0.15, 0.2) is 65.7 Å². The van der Waals surface area contributed by atoms with Crippen LogP contribution in [0.3, 0.4) is 0 Å². The fourth-order valence-corrected chi connectivity index (χ4v) is 4.76. The van der Waals surface area contributed by atoms with Crippen LogP contribution >= 0.6 is 11.3 Å². The average Bonchev–Trinajstić information content (AvgIpc) is 3.15. The van der Waals surface area contributed by atoms with Gasteiger partial charge in [-0.3, -0.25) is 19.0 Å². The van der Waals surface area contributed by atoms with Crippen LogP contribution in [0.5, 0.6) is 0 Å². The maximum Gasteiger partial charge on any atom is 0.266 e. The highest BCUT2D eigenvalue weighted by molar-refractivity contribution is 7.20. The molecule has 2 amide bonds. The Hall–Kier alpha value is -3.78. The quantitative estimate of drug-likeness (QED) is 0.463. The lowest BCUT2D eigenvalue weighted by atomic mass is 10.2. The summed E-state index contributed by atoms with van der Waals surface area (Å²) >= 11 is 1.17. The number of fused-ring (bicyclic) bond motifs is 1. The van der Waals surface area contributed by atoms with Gasteiger partial charge >= 0.3 is 0 Å². The second kappa shape index (κ2) is 9.38. The van der Waals surface area contributed by atoms with E-state index in [0.717, 1.165) is 16.9 Å². The predicted molar refractivity (Wildman–Crippen MR) is 132 cm³/mol. The summed E-state index contributed by atoms with van der Waals surface area (Å²) < 4.78 is 1.30. The molecule has 0 saturated carbocycles. The molecule has 0 atom stereocenters. The van der Waals surface area contributed by atoms with Crippen molar-refractivity contribution in [3.05, 3.63) is 87.3 Å². The molecular formula is C25H24N4O3S. The van der Waals surface area contributed by atoms with E-state index in [9.17, 15) is 14.4 Å². The van der Waals surface area contributed by atoms with E-state index < -0.39 is 0 Å². The average molecular weight is 461 g/mol. The van der Waals surface area contributed by atoms with Crippen molar-refractivity contribution in [2.45, 2.75) is 27.3 Å². The van der Waals surface area contributed by atoms with E-state index in [4.69, 9.17) is 0 Å². The van der Waals surface area contributed by atoms with Crippen LogP contribution in [-0.2, 0) is 11.3 Å². The summed E-state index contributed by atoms with van der Waals surface area (Å²) in [6, 6.07) is 16.8. The monoisotopic (exact) mass is 460 g/mol. The number of nitrogens with zero attached hydrogens (tertiary/aromatic N) is 3. The number of anilines is 2. The van der Waals surface area contributed by atoms with E-state index in [1.165, 1.54) is 22.2 Å². The van der Waals surface area contributed by atoms with Crippen molar-refractivity contribution in [3.63, 3.8) is 0 Å². The molecule has 4 rings (SSSR count). The lowest BCUT2D eigenvalue weighted by Gasteiger charge is -2.21. The topological polar surface area (TPSA) is 84.3 Å². The van der Waals surface area contributed by atoms with Crippen molar-refractivity contribution >= 4 is 44.7 Å². The number of carbonyl (C=O) groups is 2. The smallest absolute Gasteiger partial charge is 0.266 e. The maximum atomic E-state index is 13.2. The first-order chi connectivity index (χ1) is 15.9. The maximum absolute atomic E-state index is 13.2. The number of hydrogen-bond donors (Lipinski definition) is 1. The van der Waals surface area contributed by atoms with Gasteiger partial charge < -0.3 is 10.2 Å². The van der Waals surface area contributed by atoms with E-state index in [1.807, 2.05) is 68.4 Å². The highest BCUT2D eigenvalue weighted by atomic mass is 32.1. The summed E-state index contributed by atoms with van der Waals surface area (Å²) in [6.07, 6.45) is 1.38. The van der Waals surface area contributed by atoms with E-state index in [-0.39, 0.29) is 23.9 Å². The molecule has 0 unspecified atom stereocenters. The first kappa shape index (κ1) is 22.4. The number of rotatable bonds is 6.